The maximum absolute atomic E-state index is 13.0. The first-order valence-electron chi connectivity index (χ1n) is 9.59. The van der Waals surface area contributed by atoms with E-state index in [1.54, 1.807) is 38.2 Å². The van der Waals surface area contributed by atoms with Crippen molar-refractivity contribution in [1.82, 2.24) is 14.7 Å². The highest BCUT2D eigenvalue weighted by Gasteiger charge is 2.47. The van der Waals surface area contributed by atoms with Crippen molar-refractivity contribution >= 4 is 35.3 Å². The monoisotopic (exact) mass is 416 g/mol. The van der Waals surface area contributed by atoms with Gasteiger partial charge in [0.1, 0.15) is 12.6 Å². The molecule has 30 heavy (non-hydrogen) atoms. The second-order valence-corrected chi connectivity index (χ2v) is 7.35. The lowest BCUT2D eigenvalue weighted by atomic mass is 10.0. The quantitative estimate of drug-likeness (QED) is 0.486. The fourth-order valence-corrected chi connectivity index (χ4v) is 3.65. The number of benzene rings is 1. The van der Waals surface area contributed by atoms with Gasteiger partial charge in [0.2, 0.25) is 5.91 Å². The molecule has 4 amide bonds. The number of nitrogens with one attached hydrogen (secondary N) is 1. The van der Waals surface area contributed by atoms with Crippen LogP contribution in [0.3, 0.4) is 0 Å². The molecule has 0 aliphatic carbocycles. The molecule has 160 valence electrons. The molecule has 1 aromatic carbocycles. The summed E-state index contributed by atoms with van der Waals surface area (Å²) in [7, 11) is 5.07. The summed E-state index contributed by atoms with van der Waals surface area (Å²) in [6.07, 6.45) is 0.0727. The van der Waals surface area contributed by atoms with Crippen LogP contribution >= 0.6 is 0 Å². The lowest BCUT2D eigenvalue weighted by molar-refractivity contribution is -0.155. The summed E-state index contributed by atoms with van der Waals surface area (Å²) in [4.78, 5) is 66.2. The number of hydrogen-bond acceptors (Lipinski definition) is 8. The van der Waals surface area contributed by atoms with Crippen molar-refractivity contribution < 1.29 is 28.7 Å². The molecule has 0 aromatic heterocycles. The standard InChI is InChI=1S/C20H24N4O6/c1-21-13-6-4-5-12-17(13)20(29)24(18(12)27)14-7-8-15(25)23(19(14)28)9-10-30-16(26)11-22(2)3/h4-6,14,21H,7-11H2,1-3H3. The number of amides is 4. The molecule has 1 N–H and O–H groups in total. The van der Waals surface area contributed by atoms with Crippen LogP contribution in [0.25, 0.3) is 0 Å². The van der Waals surface area contributed by atoms with Crippen LogP contribution in [0.4, 0.5) is 5.69 Å². The zero-order valence-corrected chi connectivity index (χ0v) is 17.1. The molecule has 1 unspecified atom stereocenters. The Kier molecular flexibility index (Phi) is 6.16. The number of piperidine rings is 1. The van der Waals surface area contributed by atoms with E-state index in [0.29, 0.717) is 5.69 Å². The predicted molar refractivity (Wildman–Crippen MR) is 106 cm³/mol. The van der Waals surface area contributed by atoms with Crippen LogP contribution in [0.2, 0.25) is 0 Å². The molecule has 10 nitrogen and oxygen atoms in total. The summed E-state index contributed by atoms with van der Waals surface area (Å²) in [6.45, 7) is -0.200. The van der Waals surface area contributed by atoms with Gasteiger partial charge in [0.25, 0.3) is 17.7 Å². The number of anilines is 1. The maximum Gasteiger partial charge on any atom is 0.320 e. The molecule has 0 radical (unpaired) electrons. The summed E-state index contributed by atoms with van der Waals surface area (Å²) < 4.78 is 5.05. The summed E-state index contributed by atoms with van der Waals surface area (Å²) in [6, 6.07) is 3.79. The van der Waals surface area contributed by atoms with Crippen molar-refractivity contribution in [3.8, 4) is 0 Å². The molecule has 2 aliphatic heterocycles. The smallest absolute Gasteiger partial charge is 0.320 e. The number of likely N-dealkylation sites (N-methyl/N-ethyl adjacent to an activating group) is 1. The molecule has 1 atom stereocenters. The normalized spacial score (nSPS) is 18.9. The second kappa shape index (κ2) is 8.62. The average molecular weight is 416 g/mol. The van der Waals surface area contributed by atoms with E-state index in [4.69, 9.17) is 4.74 Å². The van der Waals surface area contributed by atoms with Crippen LogP contribution < -0.4 is 5.32 Å². The van der Waals surface area contributed by atoms with Gasteiger partial charge in [-0.15, -0.1) is 0 Å². The first-order chi connectivity index (χ1) is 14.3. The Labute approximate surface area is 173 Å². The number of carbonyl (C=O) groups is 5. The van der Waals surface area contributed by atoms with E-state index in [-0.39, 0.29) is 43.7 Å². The summed E-state index contributed by atoms with van der Waals surface area (Å²) in [5.74, 6) is -2.67. The van der Waals surface area contributed by atoms with Crippen molar-refractivity contribution in [3.05, 3.63) is 29.3 Å². The van der Waals surface area contributed by atoms with E-state index in [2.05, 4.69) is 5.32 Å². The number of rotatable bonds is 7. The maximum atomic E-state index is 13.0. The zero-order valence-electron chi connectivity index (χ0n) is 17.1. The zero-order chi connectivity index (χ0) is 22.0. The minimum Gasteiger partial charge on any atom is -0.463 e. The Morgan fingerprint density at radius 1 is 1.20 bits per heavy atom. The molecule has 0 spiro atoms. The van der Waals surface area contributed by atoms with Crippen molar-refractivity contribution in [2.75, 3.05) is 46.2 Å². The van der Waals surface area contributed by atoms with Gasteiger partial charge < -0.3 is 10.1 Å². The number of nitrogens with zero attached hydrogens (tertiary/aromatic N) is 3. The Balaban J connectivity index is 1.74. The molecular weight excluding hydrogens is 392 g/mol. The molecule has 2 heterocycles. The van der Waals surface area contributed by atoms with E-state index >= 15 is 0 Å². The number of carbonyl (C=O) groups excluding carboxylic acids is 5. The van der Waals surface area contributed by atoms with Crippen LogP contribution in [-0.4, -0.2) is 91.2 Å². The van der Waals surface area contributed by atoms with E-state index < -0.39 is 35.6 Å². The predicted octanol–water partition coefficient (Wildman–Crippen LogP) is -0.0533. The van der Waals surface area contributed by atoms with Crippen molar-refractivity contribution in [3.63, 3.8) is 0 Å². The number of ether oxygens (including phenoxy) is 1. The Morgan fingerprint density at radius 3 is 2.60 bits per heavy atom. The van der Waals surface area contributed by atoms with Crippen LogP contribution in [0.5, 0.6) is 0 Å². The Morgan fingerprint density at radius 2 is 1.93 bits per heavy atom. The first-order valence-corrected chi connectivity index (χ1v) is 9.59. The lowest BCUT2D eigenvalue weighted by Crippen LogP contribution is -2.56. The minimum atomic E-state index is -1.07. The molecular formula is C20H24N4O6. The molecule has 10 heteroatoms. The number of esters is 1. The number of imide groups is 2. The van der Waals surface area contributed by atoms with Crippen molar-refractivity contribution in [2.45, 2.75) is 18.9 Å². The fourth-order valence-electron chi connectivity index (χ4n) is 3.65. The molecule has 1 saturated heterocycles. The summed E-state index contributed by atoms with van der Waals surface area (Å²) in [5, 5.41) is 2.88. The third-order valence-corrected chi connectivity index (χ3v) is 5.03. The van der Waals surface area contributed by atoms with Gasteiger partial charge in [0.15, 0.2) is 0 Å². The Hall–Kier alpha value is -3.27. The van der Waals surface area contributed by atoms with E-state index in [1.165, 1.54) is 6.07 Å². The Bertz CT molecular complexity index is 913. The second-order valence-electron chi connectivity index (χ2n) is 7.35. The number of hydrogen-bond donors (Lipinski definition) is 1. The summed E-state index contributed by atoms with van der Waals surface area (Å²) >= 11 is 0. The van der Waals surface area contributed by atoms with Gasteiger partial charge in [0.05, 0.1) is 24.2 Å². The van der Waals surface area contributed by atoms with Gasteiger partial charge in [-0.1, -0.05) is 6.07 Å². The van der Waals surface area contributed by atoms with E-state index in [9.17, 15) is 24.0 Å². The third-order valence-electron chi connectivity index (χ3n) is 5.03. The molecule has 3 rings (SSSR count). The van der Waals surface area contributed by atoms with Gasteiger partial charge in [-0.25, -0.2) is 0 Å². The van der Waals surface area contributed by atoms with Crippen LogP contribution in [0.15, 0.2) is 18.2 Å². The number of likely N-dealkylation sites (tertiary alicyclic amines) is 1. The van der Waals surface area contributed by atoms with Gasteiger partial charge in [0, 0.05) is 19.2 Å². The van der Waals surface area contributed by atoms with Crippen LogP contribution in [0, 0.1) is 0 Å². The van der Waals surface area contributed by atoms with E-state index in [1.807, 2.05) is 0 Å². The number of fused-ring (bicyclic) bond motifs is 1. The fraction of sp³-hybridized carbons (Fsp3) is 0.450. The van der Waals surface area contributed by atoms with Crippen molar-refractivity contribution in [2.24, 2.45) is 0 Å². The molecule has 0 saturated carbocycles. The topological polar surface area (TPSA) is 116 Å². The SMILES string of the molecule is CNc1cccc2c1C(=O)N(C1CCC(=O)N(CCOC(=O)CN(C)C)C1=O)C2=O. The first kappa shape index (κ1) is 21.4. The van der Waals surface area contributed by atoms with Gasteiger partial charge in [-0.3, -0.25) is 38.7 Å². The third kappa shape index (κ3) is 3.90. The molecule has 1 fully saturated rings. The highest BCUT2D eigenvalue weighted by atomic mass is 16.5. The summed E-state index contributed by atoms with van der Waals surface area (Å²) in [5.41, 5.74) is 0.942. The van der Waals surface area contributed by atoms with Gasteiger partial charge in [-0.05, 0) is 32.6 Å². The van der Waals surface area contributed by atoms with Gasteiger partial charge in [-0.2, -0.15) is 0 Å². The van der Waals surface area contributed by atoms with Crippen molar-refractivity contribution in [1.29, 1.82) is 0 Å². The highest BCUT2D eigenvalue weighted by molar-refractivity contribution is 6.25. The molecule has 1 aromatic rings. The molecule has 2 aliphatic rings. The minimum absolute atomic E-state index is 0.00827. The van der Waals surface area contributed by atoms with Gasteiger partial charge >= 0.3 is 5.97 Å². The van der Waals surface area contributed by atoms with Crippen LogP contribution in [-0.2, 0) is 19.1 Å². The highest BCUT2D eigenvalue weighted by Crippen LogP contribution is 2.33. The lowest BCUT2D eigenvalue weighted by Gasteiger charge is -2.34. The largest absolute Gasteiger partial charge is 0.463 e. The molecule has 0 bridgehead atoms. The average Bonchev–Trinajstić information content (AvgIpc) is 2.95. The van der Waals surface area contributed by atoms with Crippen LogP contribution in [0.1, 0.15) is 33.6 Å². The van der Waals surface area contributed by atoms with E-state index in [0.717, 1.165) is 9.80 Å².